The molecule has 0 spiro atoms. The number of pyridine rings is 1. The van der Waals surface area contributed by atoms with Gasteiger partial charge in [0.2, 0.25) is 0 Å². The highest BCUT2D eigenvalue weighted by molar-refractivity contribution is 9.09. The minimum Gasteiger partial charge on any atom is -0.493 e. The molecule has 2 rings (SSSR count). The number of rotatable bonds is 4. The zero-order valence-corrected chi connectivity index (χ0v) is 13.3. The van der Waals surface area contributed by atoms with Gasteiger partial charge in [0.15, 0.2) is 0 Å². The summed E-state index contributed by atoms with van der Waals surface area (Å²) >= 11 is 3.58. The lowest BCUT2D eigenvalue weighted by Crippen LogP contribution is -2.27. The largest absolute Gasteiger partial charge is 0.493 e. The summed E-state index contributed by atoms with van der Waals surface area (Å²) < 4.78 is 6.03. The molecule has 0 saturated carbocycles. The van der Waals surface area contributed by atoms with Crippen LogP contribution in [-0.4, -0.2) is 16.9 Å². The first kappa shape index (κ1) is 14.3. The number of alkyl halides is 1. The third kappa shape index (κ3) is 3.47. The van der Waals surface area contributed by atoms with Crippen molar-refractivity contribution in [3.8, 4) is 5.75 Å². The van der Waals surface area contributed by atoms with Crippen LogP contribution in [0.2, 0.25) is 0 Å². The van der Waals surface area contributed by atoms with Gasteiger partial charge in [-0.2, -0.15) is 0 Å². The summed E-state index contributed by atoms with van der Waals surface area (Å²) in [5.41, 5.74) is 1.21. The molecule has 102 valence electrons. The normalized spacial score (nSPS) is 13.5. The quantitative estimate of drug-likeness (QED) is 0.763. The molecule has 0 radical (unpaired) electrons. The minimum absolute atomic E-state index is 0.229. The maximum Gasteiger partial charge on any atom is 0.128 e. The van der Waals surface area contributed by atoms with Gasteiger partial charge in [0.1, 0.15) is 5.75 Å². The summed E-state index contributed by atoms with van der Waals surface area (Å²) in [4.78, 5) is 4.35. The maximum absolute atomic E-state index is 6.03. The van der Waals surface area contributed by atoms with Crippen LogP contribution in [0.5, 0.6) is 5.75 Å². The molecule has 0 bridgehead atoms. The molecule has 1 unspecified atom stereocenters. The van der Waals surface area contributed by atoms with Crippen molar-refractivity contribution < 1.29 is 4.74 Å². The SMILES string of the molecule is CC(C)(C)C(CBr)COc1cccc2ncccc12. The lowest BCUT2D eigenvalue weighted by atomic mass is 9.83. The van der Waals surface area contributed by atoms with Crippen molar-refractivity contribution in [1.29, 1.82) is 0 Å². The Kier molecular flexibility index (Phi) is 4.46. The molecular weight excluding hydrogens is 302 g/mol. The molecule has 0 amide bonds. The third-order valence-corrected chi connectivity index (χ3v) is 4.24. The topological polar surface area (TPSA) is 22.1 Å². The number of benzene rings is 1. The van der Waals surface area contributed by atoms with Gasteiger partial charge in [-0.15, -0.1) is 0 Å². The van der Waals surface area contributed by atoms with E-state index in [0.717, 1.165) is 22.0 Å². The summed E-state index contributed by atoms with van der Waals surface area (Å²) in [7, 11) is 0. The van der Waals surface area contributed by atoms with Gasteiger partial charge in [-0.1, -0.05) is 42.8 Å². The van der Waals surface area contributed by atoms with Crippen molar-refractivity contribution in [3.05, 3.63) is 36.5 Å². The van der Waals surface area contributed by atoms with E-state index in [9.17, 15) is 0 Å². The van der Waals surface area contributed by atoms with Crippen molar-refractivity contribution in [2.75, 3.05) is 11.9 Å². The van der Waals surface area contributed by atoms with E-state index in [0.29, 0.717) is 12.5 Å². The van der Waals surface area contributed by atoms with E-state index in [1.807, 2.05) is 30.5 Å². The molecule has 1 aromatic carbocycles. The van der Waals surface area contributed by atoms with E-state index >= 15 is 0 Å². The number of aromatic nitrogens is 1. The first-order valence-electron chi connectivity index (χ1n) is 6.55. The Morgan fingerprint density at radius 1 is 1.21 bits per heavy atom. The molecule has 2 nitrogen and oxygen atoms in total. The Labute approximate surface area is 123 Å². The molecule has 19 heavy (non-hydrogen) atoms. The summed E-state index contributed by atoms with van der Waals surface area (Å²) in [6, 6.07) is 10.0. The summed E-state index contributed by atoms with van der Waals surface area (Å²) in [6.45, 7) is 7.44. The molecule has 0 N–H and O–H groups in total. The van der Waals surface area contributed by atoms with E-state index in [1.165, 1.54) is 0 Å². The van der Waals surface area contributed by atoms with E-state index in [2.05, 4.69) is 47.8 Å². The Bertz CT molecular complexity index is 542. The van der Waals surface area contributed by atoms with E-state index in [4.69, 9.17) is 4.74 Å². The molecular formula is C16H20BrNO. The lowest BCUT2D eigenvalue weighted by molar-refractivity contribution is 0.167. The maximum atomic E-state index is 6.03. The van der Waals surface area contributed by atoms with Gasteiger partial charge in [-0.3, -0.25) is 4.98 Å². The van der Waals surface area contributed by atoms with Crippen LogP contribution < -0.4 is 4.74 Å². The van der Waals surface area contributed by atoms with Gasteiger partial charge in [0.05, 0.1) is 12.1 Å². The molecule has 1 atom stereocenters. The lowest BCUT2D eigenvalue weighted by Gasteiger charge is -2.29. The second-order valence-corrected chi connectivity index (χ2v) is 6.50. The first-order valence-corrected chi connectivity index (χ1v) is 7.67. The van der Waals surface area contributed by atoms with Gasteiger partial charge in [-0.05, 0) is 29.7 Å². The molecule has 0 fully saturated rings. The van der Waals surface area contributed by atoms with E-state index in [1.54, 1.807) is 0 Å². The summed E-state index contributed by atoms with van der Waals surface area (Å²) in [6.07, 6.45) is 1.81. The van der Waals surface area contributed by atoms with Crippen molar-refractivity contribution >= 4 is 26.8 Å². The number of hydrogen-bond donors (Lipinski definition) is 0. The highest BCUT2D eigenvalue weighted by Gasteiger charge is 2.24. The fourth-order valence-electron chi connectivity index (χ4n) is 1.92. The average Bonchev–Trinajstić information content (AvgIpc) is 2.38. The number of fused-ring (bicyclic) bond motifs is 1. The molecule has 0 aliphatic carbocycles. The predicted molar refractivity (Wildman–Crippen MR) is 84.0 cm³/mol. The zero-order valence-electron chi connectivity index (χ0n) is 11.7. The Hall–Kier alpha value is -1.09. The Morgan fingerprint density at radius 2 is 2.00 bits per heavy atom. The van der Waals surface area contributed by atoms with Crippen LogP contribution in [0.1, 0.15) is 20.8 Å². The van der Waals surface area contributed by atoms with Crippen LogP contribution in [0.3, 0.4) is 0 Å². The van der Waals surface area contributed by atoms with Crippen molar-refractivity contribution in [2.24, 2.45) is 11.3 Å². The highest BCUT2D eigenvalue weighted by Crippen LogP contribution is 2.30. The minimum atomic E-state index is 0.229. The molecule has 0 saturated heterocycles. The Morgan fingerprint density at radius 3 is 2.68 bits per heavy atom. The van der Waals surface area contributed by atoms with E-state index < -0.39 is 0 Å². The summed E-state index contributed by atoms with van der Waals surface area (Å²) in [5, 5.41) is 2.02. The van der Waals surface area contributed by atoms with Crippen LogP contribution in [0.4, 0.5) is 0 Å². The molecule has 0 aliphatic heterocycles. The predicted octanol–water partition coefficient (Wildman–Crippen LogP) is 4.67. The molecule has 1 heterocycles. The second-order valence-electron chi connectivity index (χ2n) is 5.85. The molecule has 3 heteroatoms. The van der Waals surface area contributed by atoms with Crippen molar-refractivity contribution in [1.82, 2.24) is 4.98 Å². The van der Waals surface area contributed by atoms with Crippen LogP contribution in [-0.2, 0) is 0 Å². The molecule has 0 aliphatic rings. The smallest absolute Gasteiger partial charge is 0.128 e. The first-order chi connectivity index (χ1) is 9.02. The van der Waals surface area contributed by atoms with Crippen LogP contribution >= 0.6 is 15.9 Å². The summed E-state index contributed by atoms with van der Waals surface area (Å²) in [5.74, 6) is 1.39. The van der Waals surface area contributed by atoms with Gasteiger partial charge < -0.3 is 4.74 Å². The zero-order chi connectivity index (χ0) is 13.9. The monoisotopic (exact) mass is 321 g/mol. The Balaban J connectivity index is 2.18. The van der Waals surface area contributed by atoms with Crippen molar-refractivity contribution in [3.63, 3.8) is 0 Å². The number of hydrogen-bond acceptors (Lipinski definition) is 2. The standard InChI is InChI=1S/C16H20BrNO/c1-16(2,3)12(10-17)11-19-15-8-4-7-14-13(15)6-5-9-18-14/h4-9,12H,10-11H2,1-3H3. The van der Waals surface area contributed by atoms with Crippen LogP contribution in [0, 0.1) is 11.3 Å². The third-order valence-electron chi connectivity index (χ3n) is 3.46. The fourth-order valence-corrected chi connectivity index (χ4v) is 3.08. The van der Waals surface area contributed by atoms with Crippen LogP contribution in [0.25, 0.3) is 10.9 Å². The highest BCUT2D eigenvalue weighted by atomic mass is 79.9. The number of ether oxygens (including phenoxy) is 1. The van der Waals surface area contributed by atoms with Gasteiger partial charge >= 0.3 is 0 Å². The number of halogens is 1. The van der Waals surface area contributed by atoms with Gasteiger partial charge in [0.25, 0.3) is 0 Å². The van der Waals surface area contributed by atoms with E-state index in [-0.39, 0.29) is 5.41 Å². The van der Waals surface area contributed by atoms with Crippen LogP contribution in [0.15, 0.2) is 36.5 Å². The van der Waals surface area contributed by atoms with Crippen molar-refractivity contribution in [2.45, 2.75) is 20.8 Å². The van der Waals surface area contributed by atoms with Gasteiger partial charge in [-0.25, -0.2) is 0 Å². The fraction of sp³-hybridized carbons (Fsp3) is 0.438. The number of nitrogens with zero attached hydrogens (tertiary/aromatic N) is 1. The molecule has 1 aromatic heterocycles. The average molecular weight is 322 g/mol. The molecule has 2 aromatic rings. The second kappa shape index (κ2) is 5.91. The van der Waals surface area contributed by atoms with Gasteiger partial charge in [0, 0.05) is 22.8 Å².